The van der Waals surface area contributed by atoms with Crippen LogP contribution in [-0.2, 0) is 22.3 Å². The summed E-state index contributed by atoms with van der Waals surface area (Å²) in [5.74, 6) is -0.735. The number of halogens is 1. The molecule has 0 saturated carbocycles. The topological polar surface area (TPSA) is 105 Å². The van der Waals surface area contributed by atoms with Gasteiger partial charge in [0.2, 0.25) is 0 Å². The third-order valence-corrected chi connectivity index (χ3v) is 6.04. The number of carbonyl (C=O) groups is 2. The molecule has 0 aliphatic heterocycles. The van der Waals surface area contributed by atoms with Gasteiger partial charge in [0.05, 0.1) is 31.0 Å². The molecule has 162 valence electrons. The first-order chi connectivity index (χ1) is 14.9. The van der Waals surface area contributed by atoms with Crippen LogP contribution >= 0.6 is 15.9 Å². The van der Waals surface area contributed by atoms with Crippen LogP contribution in [0.4, 0.5) is 11.4 Å². The number of benzene rings is 3. The maximum atomic E-state index is 11.7. The van der Waals surface area contributed by atoms with Gasteiger partial charge < -0.3 is 20.9 Å². The molecule has 0 heterocycles. The van der Waals surface area contributed by atoms with E-state index in [1.165, 1.54) is 26.2 Å². The standard InChI is InChI=1S/C12H14BrNO2.C12H11NO2/c1-16-12(15)10-8-5-3-2-4-7(8)6-9(13)11(10)14;1-15-12(14)11-9-5-3-2-4-8(9)6-7-10(11)13/h6H,2-5,14H2,1H3;2-7H,13H2,1H3. The molecule has 3 aromatic rings. The lowest BCUT2D eigenvalue weighted by Crippen LogP contribution is -2.15. The van der Waals surface area contributed by atoms with Gasteiger partial charge in [0.1, 0.15) is 0 Å². The van der Waals surface area contributed by atoms with Gasteiger partial charge in [-0.15, -0.1) is 0 Å². The number of carbonyl (C=O) groups excluding carboxylic acids is 2. The Morgan fingerprint density at radius 3 is 2.26 bits per heavy atom. The van der Waals surface area contributed by atoms with E-state index in [1.807, 2.05) is 36.4 Å². The van der Waals surface area contributed by atoms with Crippen LogP contribution in [0.3, 0.4) is 0 Å². The number of nitrogens with two attached hydrogens (primary N) is 2. The molecule has 0 unspecified atom stereocenters. The van der Waals surface area contributed by atoms with Crippen molar-refractivity contribution in [2.75, 3.05) is 25.7 Å². The van der Waals surface area contributed by atoms with Crippen molar-refractivity contribution in [2.45, 2.75) is 25.7 Å². The number of aryl methyl sites for hydroxylation is 1. The van der Waals surface area contributed by atoms with Crippen LogP contribution in [0, 0.1) is 0 Å². The predicted molar refractivity (Wildman–Crippen MR) is 126 cm³/mol. The molecule has 1 aliphatic rings. The Morgan fingerprint density at radius 2 is 1.55 bits per heavy atom. The van der Waals surface area contributed by atoms with Gasteiger partial charge in [-0.3, -0.25) is 0 Å². The van der Waals surface area contributed by atoms with Gasteiger partial charge in [0.25, 0.3) is 0 Å². The van der Waals surface area contributed by atoms with Gasteiger partial charge in [-0.25, -0.2) is 9.59 Å². The predicted octanol–water partition coefficient (Wildman–Crippen LogP) is 4.91. The van der Waals surface area contributed by atoms with E-state index in [-0.39, 0.29) is 5.97 Å². The Hall–Kier alpha value is -3.06. The number of hydrogen-bond acceptors (Lipinski definition) is 6. The van der Waals surface area contributed by atoms with Crippen LogP contribution in [0.1, 0.15) is 44.7 Å². The monoisotopic (exact) mass is 484 g/mol. The van der Waals surface area contributed by atoms with Crippen LogP contribution in [0.2, 0.25) is 0 Å². The minimum Gasteiger partial charge on any atom is -0.465 e. The molecule has 0 amide bonds. The fourth-order valence-electron chi connectivity index (χ4n) is 3.84. The summed E-state index contributed by atoms with van der Waals surface area (Å²) in [4.78, 5) is 23.3. The van der Waals surface area contributed by atoms with Gasteiger partial charge in [-0.1, -0.05) is 30.3 Å². The van der Waals surface area contributed by atoms with Crippen LogP contribution in [-0.4, -0.2) is 26.2 Å². The van der Waals surface area contributed by atoms with Gasteiger partial charge in [0.15, 0.2) is 0 Å². The zero-order valence-electron chi connectivity index (χ0n) is 17.5. The Balaban J connectivity index is 0.000000176. The average molecular weight is 485 g/mol. The first-order valence-electron chi connectivity index (χ1n) is 9.92. The van der Waals surface area contributed by atoms with Crippen LogP contribution in [0.25, 0.3) is 10.8 Å². The Kier molecular flexibility index (Phi) is 7.17. The Bertz CT molecular complexity index is 1140. The van der Waals surface area contributed by atoms with E-state index in [0.717, 1.165) is 40.1 Å². The fourth-order valence-corrected chi connectivity index (χ4v) is 4.31. The molecule has 0 atom stereocenters. The SMILES string of the molecule is COC(=O)c1c(N)c(Br)cc2c1CCCC2.COC(=O)c1c(N)ccc2ccccc12. The Labute approximate surface area is 189 Å². The molecule has 7 heteroatoms. The van der Waals surface area contributed by atoms with Gasteiger partial charge in [-0.05, 0) is 75.6 Å². The Morgan fingerprint density at radius 1 is 0.903 bits per heavy atom. The van der Waals surface area contributed by atoms with E-state index >= 15 is 0 Å². The molecule has 0 fully saturated rings. The van der Waals surface area contributed by atoms with E-state index in [1.54, 1.807) is 6.07 Å². The van der Waals surface area contributed by atoms with Gasteiger partial charge >= 0.3 is 11.9 Å². The summed E-state index contributed by atoms with van der Waals surface area (Å²) in [6.45, 7) is 0. The minimum absolute atomic E-state index is 0.336. The fraction of sp³-hybridized carbons (Fsp3) is 0.250. The summed E-state index contributed by atoms with van der Waals surface area (Å²) in [6.07, 6.45) is 4.21. The number of fused-ring (bicyclic) bond motifs is 2. The molecular weight excluding hydrogens is 460 g/mol. The number of nitrogen functional groups attached to an aromatic ring is 2. The van der Waals surface area contributed by atoms with E-state index in [9.17, 15) is 9.59 Å². The number of methoxy groups -OCH3 is 2. The summed E-state index contributed by atoms with van der Waals surface area (Å²) in [5, 5.41) is 1.80. The van der Waals surface area contributed by atoms with Gasteiger partial charge in [-0.2, -0.15) is 0 Å². The summed E-state index contributed by atoms with van der Waals surface area (Å²) in [6, 6.07) is 13.2. The van der Waals surface area contributed by atoms with Crippen molar-refractivity contribution < 1.29 is 19.1 Å². The molecule has 0 aromatic heterocycles. The summed E-state index contributed by atoms with van der Waals surface area (Å²) < 4.78 is 10.3. The van der Waals surface area contributed by atoms with Crippen molar-refractivity contribution in [1.29, 1.82) is 0 Å². The highest BCUT2D eigenvalue weighted by molar-refractivity contribution is 9.10. The smallest absolute Gasteiger partial charge is 0.340 e. The molecule has 0 spiro atoms. The first-order valence-corrected chi connectivity index (χ1v) is 10.7. The van der Waals surface area contributed by atoms with Crippen LogP contribution in [0.15, 0.2) is 46.9 Å². The van der Waals surface area contributed by atoms with E-state index < -0.39 is 5.97 Å². The van der Waals surface area contributed by atoms with Crippen molar-refractivity contribution in [1.82, 2.24) is 0 Å². The van der Waals surface area contributed by atoms with E-state index in [4.69, 9.17) is 20.9 Å². The van der Waals surface area contributed by atoms with Gasteiger partial charge in [0, 0.05) is 10.2 Å². The number of esters is 2. The molecule has 6 nitrogen and oxygen atoms in total. The quantitative estimate of drug-likeness (QED) is 0.395. The number of rotatable bonds is 2. The largest absolute Gasteiger partial charge is 0.465 e. The summed E-state index contributed by atoms with van der Waals surface area (Å²) >= 11 is 3.39. The number of hydrogen-bond donors (Lipinski definition) is 2. The van der Waals surface area contributed by atoms with Crippen molar-refractivity contribution in [3.63, 3.8) is 0 Å². The zero-order chi connectivity index (χ0) is 22.5. The summed E-state index contributed by atoms with van der Waals surface area (Å²) in [5.41, 5.74) is 15.9. The lowest BCUT2D eigenvalue weighted by Gasteiger charge is -2.20. The molecule has 31 heavy (non-hydrogen) atoms. The van der Waals surface area contributed by atoms with Crippen LogP contribution in [0.5, 0.6) is 0 Å². The highest BCUT2D eigenvalue weighted by Gasteiger charge is 2.23. The molecule has 0 radical (unpaired) electrons. The molecule has 0 saturated heterocycles. The second-order valence-electron chi connectivity index (χ2n) is 7.23. The highest BCUT2D eigenvalue weighted by Crippen LogP contribution is 2.34. The lowest BCUT2D eigenvalue weighted by molar-refractivity contribution is 0.0593. The molecule has 1 aliphatic carbocycles. The lowest BCUT2D eigenvalue weighted by atomic mass is 9.87. The van der Waals surface area contributed by atoms with Crippen molar-refractivity contribution in [3.8, 4) is 0 Å². The third kappa shape index (κ3) is 4.66. The molecule has 4 N–H and O–H groups in total. The maximum absolute atomic E-state index is 11.7. The minimum atomic E-state index is -0.399. The summed E-state index contributed by atoms with van der Waals surface area (Å²) in [7, 11) is 2.74. The zero-order valence-corrected chi connectivity index (χ0v) is 19.1. The van der Waals surface area contributed by atoms with E-state index in [0.29, 0.717) is 22.5 Å². The molecule has 0 bridgehead atoms. The number of ether oxygens (including phenoxy) is 2. The van der Waals surface area contributed by atoms with Crippen molar-refractivity contribution in [3.05, 3.63) is 69.2 Å². The van der Waals surface area contributed by atoms with E-state index in [2.05, 4.69) is 15.9 Å². The maximum Gasteiger partial charge on any atom is 0.340 e. The average Bonchev–Trinajstić information content (AvgIpc) is 2.79. The second-order valence-corrected chi connectivity index (χ2v) is 8.08. The molecule has 3 aromatic carbocycles. The molecular formula is C24H25BrN2O4. The van der Waals surface area contributed by atoms with Crippen molar-refractivity contribution >= 4 is 50.0 Å². The highest BCUT2D eigenvalue weighted by atomic mass is 79.9. The normalized spacial score (nSPS) is 12.4. The second kappa shape index (κ2) is 9.83. The third-order valence-electron chi connectivity index (χ3n) is 5.38. The number of anilines is 2. The molecule has 4 rings (SSSR count). The van der Waals surface area contributed by atoms with Crippen LogP contribution < -0.4 is 11.5 Å². The van der Waals surface area contributed by atoms with Crippen molar-refractivity contribution in [2.24, 2.45) is 0 Å². The first kappa shape index (κ1) is 22.6.